The van der Waals surface area contributed by atoms with Gasteiger partial charge in [0.15, 0.2) is 5.13 Å². The van der Waals surface area contributed by atoms with Gasteiger partial charge in [-0.15, -0.1) is 11.3 Å². The Kier molecular flexibility index (Phi) is 3.98. The summed E-state index contributed by atoms with van der Waals surface area (Å²) >= 11 is 7.71. The first kappa shape index (κ1) is 14.2. The van der Waals surface area contributed by atoms with Crippen LogP contribution < -0.4 is 10.6 Å². The number of carbonyl (C=O) groups excluding carboxylic acids is 1. The maximum absolute atomic E-state index is 12.5. The molecule has 0 bridgehead atoms. The Hall–Kier alpha value is -1.79. The Morgan fingerprint density at radius 2 is 2.05 bits per heavy atom. The first-order chi connectivity index (χ1) is 10.1. The second-order valence-electron chi connectivity index (χ2n) is 4.83. The average Bonchev–Trinajstić information content (AvgIpc) is 3.03. The SMILES string of the molecule is Nc1ccc(Cl)c(C(=O)N2CCN(c3nccs3)CC2)c1. The highest BCUT2D eigenvalue weighted by Gasteiger charge is 2.24. The van der Waals surface area contributed by atoms with E-state index in [4.69, 9.17) is 17.3 Å². The van der Waals surface area contributed by atoms with Gasteiger partial charge in [-0.3, -0.25) is 4.79 Å². The van der Waals surface area contributed by atoms with E-state index in [2.05, 4.69) is 9.88 Å². The van der Waals surface area contributed by atoms with Crippen LogP contribution in [0.1, 0.15) is 10.4 Å². The predicted molar refractivity (Wildman–Crippen MR) is 86.1 cm³/mol. The topological polar surface area (TPSA) is 62.5 Å². The molecule has 1 saturated heterocycles. The van der Waals surface area contributed by atoms with Crippen LogP contribution in [0.25, 0.3) is 0 Å². The monoisotopic (exact) mass is 322 g/mol. The van der Waals surface area contributed by atoms with E-state index in [1.165, 1.54) is 0 Å². The van der Waals surface area contributed by atoms with Crippen molar-refractivity contribution in [3.63, 3.8) is 0 Å². The average molecular weight is 323 g/mol. The maximum Gasteiger partial charge on any atom is 0.255 e. The van der Waals surface area contributed by atoms with Crippen molar-refractivity contribution in [3.8, 4) is 0 Å². The van der Waals surface area contributed by atoms with E-state index >= 15 is 0 Å². The van der Waals surface area contributed by atoms with Crippen LogP contribution in [0.15, 0.2) is 29.8 Å². The number of aromatic nitrogens is 1. The summed E-state index contributed by atoms with van der Waals surface area (Å²) in [5.41, 5.74) is 6.75. The normalized spacial score (nSPS) is 15.3. The molecule has 1 aliphatic heterocycles. The molecule has 1 aromatic heterocycles. The standard InChI is InChI=1S/C14H15ClN4OS/c15-12-2-1-10(16)9-11(12)13(20)18-4-6-19(7-5-18)14-17-3-8-21-14/h1-3,8-9H,4-7,16H2. The number of benzene rings is 1. The van der Waals surface area contributed by atoms with E-state index in [0.29, 0.717) is 29.4 Å². The minimum Gasteiger partial charge on any atom is -0.399 e. The molecule has 0 unspecified atom stereocenters. The molecule has 1 fully saturated rings. The lowest BCUT2D eigenvalue weighted by molar-refractivity contribution is 0.0747. The van der Waals surface area contributed by atoms with E-state index in [-0.39, 0.29) is 5.91 Å². The zero-order valence-corrected chi connectivity index (χ0v) is 12.9. The molecule has 1 aliphatic rings. The van der Waals surface area contributed by atoms with Gasteiger partial charge in [-0.05, 0) is 18.2 Å². The number of carbonyl (C=O) groups is 1. The van der Waals surface area contributed by atoms with Crippen LogP contribution in [0.3, 0.4) is 0 Å². The molecule has 0 aliphatic carbocycles. The summed E-state index contributed by atoms with van der Waals surface area (Å²) in [6.07, 6.45) is 1.80. The van der Waals surface area contributed by atoms with Crippen LogP contribution in [0.5, 0.6) is 0 Å². The fraction of sp³-hybridized carbons (Fsp3) is 0.286. The van der Waals surface area contributed by atoms with Gasteiger partial charge in [0, 0.05) is 43.4 Å². The van der Waals surface area contributed by atoms with Crippen molar-refractivity contribution in [2.75, 3.05) is 36.8 Å². The van der Waals surface area contributed by atoms with Crippen LogP contribution in [0, 0.1) is 0 Å². The third-order valence-electron chi connectivity index (χ3n) is 3.48. The third kappa shape index (κ3) is 2.96. The molecule has 0 saturated carbocycles. The molecular weight excluding hydrogens is 308 g/mol. The molecule has 0 atom stereocenters. The van der Waals surface area contributed by atoms with Gasteiger partial charge in [-0.1, -0.05) is 11.6 Å². The maximum atomic E-state index is 12.5. The largest absolute Gasteiger partial charge is 0.399 e. The Morgan fingerprint density at radius 3 is 2.71 bits per heavy atom. The first-order valence-electron chi connectivity index (χ1n) is 6.64. The lowest BCUT2D eigenvalue weighted by atomic mass is 10.1. The van der Waals surface area contributed by atoms with Crippen molar-refractivity contribution in [1.82, 2.24) is 9.88 Å². The zero-order chi connectivity index (χ0) is 14.8. The number of nitrogens with two attached hydrogens (primary N) is 1. The molecule has 0 radical (unpaired) electrons. The van der Waals surface area contributed by atoms with Crippen molar-refractivity contribution >= 4 is 39.7 Å². The summed E-state index contributed by atoms with van der Waals surface area (Å²) in [6.45, 7) is 2.87. The van der Waals surface area contributed by atoms with Gasteiger partial charge in [-0.25, -0.2) is 4.98 Å². The van der Waals surface area contributed by atoms with Crippen molar-refractivity contribution in [3.05, 3.63) is 40.4 Å². The zero-order valence-electron chi connectivity index (χ0n) is 11.3. The van der Waals surface area contributed by atoms with E-state index in [0.717, 1.165) is 18.2 Å². The number of hydrogen-bond donors (Lipinski definition) is 1. The fourth-order valence-electron chi connectivity index (χ4n) is 2.35. The van der Waals surface area contributed by atoms with Crippen LogP contribution in [-0.4, -0.2) is 42.0 Å². The number of rotatable bonds is 2. The summed E-state index contributed by atoms with van der Waals surface area (Å²) in [6, 6.07) is 4.99. The van der Waals surface area contributed by atoms with Gasteiger partial charge in [-0.2, -0.15) is 0 Å². The van der Waals surface area contributed by atoms with Crippen molar-refractivity contribution in [2.45, 2.75) is 0 Å². The molecule has 1 aromatic carbocycles. The van der Waals surface area contributed by atoms with Crippen LogP contribution in [0.4, 0.5) is 10.8 Å². The van der Waals surface area contributed by atoms with Crippen LogP contribution in [-0.2, 0) is 0 Å². The minimum absolute atomic E-state index is 0.0638. The lowest BCUT2D eigenvalue weighted by Gasteiger charge is -2.34. The molecule has 3 rings (SSSR count). The third-order valence-corrected chi connectivity index (χ3v) is 4.64. The van der Waals surface area contributed by atoms with Crippen LogP contribution in [0.2, 0.25) is 5.02 Å². The highest BCUT2D eigenvalue weighted by molar-refractivity contribution is 7.13. The summed E-state index contributed by atoms with van der Waals surface area (Å²) in [5, 5.41) is 3.40. The smallest absolute Gasteiger partial charge is 0.255 e. The minimum atomic E-state index is -0.0638. The lowest BCUT2D eigenvalue weighted by Crippen LogP contribution is -2.48. The number of hydrogen-bond acceptors (Lipinski definition) is 5. The van der Waals surface area contributed by atoms with Gasteiger partial charge in [0.05, 0.1) is 10.6 Å². The van der Waals surface area contributed by atoms with Gasteiger partial charge in [0.2, 0.25) is 0 Å². The first-order valence-corrected chi connectivity index (χ1v) is 7.89. The molecule has 2 N–H and O–H groups in total. The Labute approximate surface area is 131 Å². The number of thiazole rings is 1. The molecule has 5 nitrogen and oxygen atoms in total. The number of halogens is 1. The van der Waals surface area contributed by atoms with Crippen molar-refractivity contribution in [2.24, 2.45) is 0 Å². The van der Waals surface area contributed by atoms with E-state index in [9.17, 15) is 4.79 Å². The van der Waals surface area contributed by atoms with Gasteiger partial charge >= 0.3 is 0 Å². The number of piperazine rings is 1. The van der Waals surface area contributed by atoms with Gasteiger partial charge in [0.1, 0.15) is 0 Å². The van der Waals surface area contributed by atoms with Crippen molar-refractivity contribution in [1.29, 1.82) is 0 Å². The number of nitrogen functional groups attached to an aromatic ring is 1. The molecule has 21 heavy (non-hydrogen) atoms. The van der Waals surface area contributed by atoms with E-state index < -0.39 is 0 Å². The number of amides is 1. The Morgan fingerprint density at radius 1 is 1.29 bits per heavy atom. The van der Waals surface area contributed by atoms with Crippen LogP contribution >= 0.6 is 22.9 Å². The summed E-state index contributed by atoms with van der Waals surface area (Å²) in [5.74, 6) is -0.0638. The van der Waals surface area contributed by atoms with E-state index in [1.807, 2.05) is 10.3 Å². The highest BCUT2D eigenvalue weighted by atomic mass is 35.5. The number of anilines is 2. The Balaban J connectivity index is 1.69. The number of nitrogens with zero attached hydrogens (tertiary/aromatic N) is 3. The molecule has 7 heteroatoms. The molecule has 2 aromatic rings. The van der Waals surface area contributed by atoms with E-state index in [1.54, 1.807) is 35.7 Å². The van der Waals surface area contributed by atoms with Gasteiger partial charge in [0.25, 0.3) is 5.91 Å². The molecule has 2 heterocycles. The van der Waals surface area contributed by atoms with Crippen molar-refractivity contribution < 1.29 is 4.79 Å². The predicted octanol–water partition coefficient (Wildman–Crippen LogP) is 2.34. The molecule has 0 spiro atoms. The van der Waals surface area contributed by atoms with Gasteiger partial charge < -0.3 is 15.5 Å². The molecule has 110 valence electrons. The second-order valence-corrected chi connectivity index (χ2v) is 6.11. The quantitative estimate of drug-likeness (QED) is 0.862. The second kappa shape index (κ2) is 5.91. The summed E-state index contributed by atoms with van der Waals surface area (Å²) in [4.78, 5) is 20.8. The fourth-order valence-corrected chi connectivity index (χ4v) is 3.25. The molecule has 1 amide bonds. The Bertz CT molecular complexity index is 638. The summed E-state index contributed by atoms with van der Waals surface area (Å²) < 4.78 is 0. The molecular formula is C14H15ClN4OS. The summed E-state index contributed by atoms with van der Waals surface area (Å²) in [7, 11) is 0. The highest BCUT2D eigenvalue weighted by Crippen LogP contribution is 2.23.